The number of para-hydroxylation sites is 2. The van der Waals surface area contributed by atoms with Crippen LogP contribution in [-0.2, 0) is 7.05 Å². The number of carbonyl (C=O) groups is 1. The summed E-state index contributed by atoms with van der Waals surface area (Å²) in [5.41, 5.74) is 7.30. The van der Waals surface area contributed by atoms with Crippen LogP contribution < -0.4 is 16.2 Å². The average molecular weight is 325 g/mol. The molecule has 0 unspecified atom stereocenters. The van der Waals surface area contributed by atoms with Gasteiger partial charge in [-0.15, -0.1) is 0 Å². The fourth-order valence-electron chi connectivity index (χ4n) is 2.24. The lowest BCUT2D eigenvalue weighted by Crippen LogP contribution is -2.44. The normalized spacial score (nSPS) is 10.3. The maximum atomic E-state index is 12.3. The van der Waals surface area contributed by atoms with Gasteiger partial charge in [0.1, 0.15) is 0 Å². The van der Waals surface area contributed by atoms with E-state index in [0.717, 1.165) is 16.6 Å². The van der Waals surface area contributed by atoms with Crippen molar-refractivity contribution < 1.29 is 4.79 Å². The lowest BCUT2D eigenvalue weighted by atomic mass is 10.2. The summed E-state index contributed by atoms with van der Waals surface area (Å²) in [7, 11) is 1.80. The number of aromatic nitrogens is 2. The first kappa shape index (κ1) is 15.0. The van der Waals surface area contributed by atoms with Gasteiger partial charge in [0.15, 0.2) is 10.8 Å². The van der Waals surface area contributed by atoms with E-state index in [9.17, 15) is 4.79 Å². The van der Waals surface area contributed by atoms with Gasteiger partial charge in [-0.05, 0) is 30.4 Å². The second-order valence-electron chi connectivity index (χ2n) is 4.89. The van der Waals surface area contributed by atoms with Crippen molar-refractivity contribution in [3.8, 4) is 0 Å². The molecule has 116 valence electrons. The summed E-state index contributed by atoms with van der Waals surface area (Å²) in [6.45, 7) is 0. The molecule has 6 nitrogen and oxygen atoms in total. The van der Waals surface area contributed by atoms with Crippen molar-refractivity contribution in [1.82, 2.24) is 20.6 Å². The van der Waals surface area contributed by atoms with Crippen LogP contribution in [0.15, 0.2) is 54.6 Å². The van der Waals surface area contributed by atoms with Gasteiger partial charge >= 0.3 is 0 Å². The molecule has 0 saturated carbocycles. The molecule has 0 radical (unpaired) electrons. The number of benzene rings is 2. The smallest absolute Gasteiger partial charge is 0.290 e. The van der Waals surface area contributed by atoms with Crippen LogP contribution in [0.5, 0.6) is 0 Å². The Morgan fingerprint density at radius 2 is 1.74 bits per heavy atom. The minimum absolute atomic E-state index is 0.296. The monoisotopic (exact) mass is 325 g/mol. The Hall–Kier alpha value is -2.93. The van der Waals surface area contributed by atoms with E-state index >= 15 is 0 Å². The van der Waals surface area contributed by atoms with Gasteiger partial charge < -0.3 is 5.32 Å². The van der Waals surface area contributed by atoms with Crippen LogP contribution in [0.25, 0.3) is 10.9 Å². The topological polar surface area (TPSA) is 71.0 Å². The molecule has 0 aliphatic heterocycles. The van der Waals surface area contributed by atoms with Crippen molar-refractivity contribution in [2.24, 2.45) is 7.05 Å². The Labute approximate surface area is 138 Å². The van der Waals surface area contributed by atoms with E-state index in [1.54, 1.807) is 11.7 Å². The standard InChI is InChI=1S/C16H15N5OS/c1-21-13-10-6-5-9-12(13)14(20-21)15(22)18-19-16(23)17-11-7-3-2-4-8-11/h2-10H,1H3,(H,18,22)(H2,17,19,23). The summed E-state index contributed by atoms with van der Waals surface area (Å²) in [4.78, 5) is 12.3. The first-order valence-electron chi connectivity index (χ1n) is 6.99. The number of nitrogens with one attached hydrogen (secondary N) is 3. The zero-order valence-corrected chi connectivity index (χ0v) is 13.2. The molecule has 0 aliphatic carbocycles. The predicted molar refractivity (Wildman–Crippen MR) is 94.0 cm³/mol. The van der Waals surface area contributed by atoms with Gasteiger partial charge in [-0.2, -0.15) is 5.10 Å². The van der Waals surface area contributed by atoms with Crippen LogP contribution in [-0.4, -0.2) is 20.8 Å². The van der Waals surface area contributed by atoms with E-state index < -0.39 is 0 Å². The van der Waals surface area contributed by atoms with Crippen LogP contribution in [0.3, 0.4) is 0 Å². The Balaban J connectivity index is 1.66. The third-order valence-electron chi connectivity index (χ3n) is 3.29. The molecule has 0 spiro atoms. The minimum Gasteiger partial charge on any atom is -0.331 e. The molecular formula is C16H15N5OS. The maximum absolute atomic E-state index is 12.3. The van der Waals surface area contributed by atoms with Gasteiger partial charge in [0, 0.05) is 18.1 Å². The third-order valence-corrected chi connectivity index (χ3v) is 3.50. The van der Waals surface area contributed by atoms with Crippen LogP contribution in [0.1, 0.15) is 10.5 Å². The van der Waals surface area contributed by atoms with Crippen LogP contribution in [0.4, 0.5) is 5.69 Å². The summed E-state index contributed by atoms with van der Waals surface area (Å²) >= 11 is 5.14. The lowest BCUT2D eigenvalue weighted by Gasteiger charge is -2.10. The highest BCUT2D eigenvalue weighted by Crippen LogP contribution is 2.16. The molecule has 1 aromatic heterocycles. The highest BCUT2D eigenvalue weighted by molar-refractivity contribution is 7.80. The number of thiocarbonyl (C=S) groups is 1. The summed E-state index contributed by atoms with van der Waals surface area (Å²) < 4.78 is 1.67. The molecule has 0 bridgehead atoms. The largest absolute Gasteiger partial charge is 0.331 e. The Morgan fingerprint density at radius 1 is 1.04 bits per heavy atom. The first-order chi connectivity index (χ1) is 11.1. The van der Waals surface area contributed by atoms with Gasteiger partial charge in [0.25, 0.3) is 5.91 Å². The number of carbonyl (C=O) groups excluding carboxylic acids is 1. The molecule has 2 aromatic carbocycles. The number of aryl methyl sites for hydroxylation is 1. The molecule has 0 atom stereocenters. The molecule has 0 saturated heterocycles. The predicted octanol–water partition coefficient (Wildman–Crippen LogP) is 2.20. The van der Waals surface area contributed by atoms with E-state index in [4.69, 9.17) is 12.2 Å². The lowest BCUT2D eigenvalue weighted by molar-refractivity contribution is 0.0940. The van der Waals surface area contributed by atoms with Crippen LogP contribution >= 0.6 is 12.2 Å². The Kier molecular flexibility index (Phi) is 4.20. The Bertz CT molecular complexity index is 859. The van der Waals surface area contributed by atoms with Crippen molar-refractivity contribution in [3.63, 3.8) is 0 Å². The third kappa shape index (κ3) is 3.29. The molecule has 3 N–H and O–H groups in total. The summed E-state index contributed by atoms with van der Waals surface area (Å²) in [5.74, 6) is -0.348. The summed E-state index contributed by atoms with van der Waals surface area (Å²) in [5, 5.41) is 8.31. The quantitative estimate of drug-likeness (QED) is 0.498. The number of amides is 1. The van der Waals surface area contributed by atoms with E-state index in [1.165, 1.54) is 0 Å². The van der Waals surface area contributed by atoms with Crippen LogP contribution in [0, 0.1) is 0 Å². The zero-order valence-electron chi connectivity index (χ0n) is 12.4. The van der Waals surface area contributed by atoms with Crippen molar-refractivity contribution >= 4 is 39.8 Å². The number of hydrazine groups is 1. The molecule has 3 aromatic rings. The Morgan fingerprint density at radius 3 is 2.52 bits per heavy atom. The summed E-state index contributed by atoms with van der Waals surface area (Å²) in [6, 6.07) is 17.0. The number of rotatable bonds is 2. The zero-order chi connectivity index (χ0) is 16.2. The van der Waals surface area contributed by atoms with Crippen molar-refractivity contribution in [2.45, 2.75) is 0 Å². The van der Waals surface area contributed by atoms with Crippen molar-refractivity contribution in [3.05, 3.63) is 60.3 Å². The van der Waals surface area contributed by atoms with Gasteiger partial charge in [0.05, 0.1) is 5.52 Å². The average Bonchev–Trinajstić information content (AvgIpc) is 2.91. The van der Waals surface area contributed by atoms with E-state index in [1.807, 2.05) is 54.6 Å². The second-order valence-corrected chi connectivity index (χ2v) is 5.30. The van der Waals surface area contributed by atoms with E-state index in [-0.39, 0.29) is 5.91 Å². The summed E-state index contributed by atoms with van der Waals surface area (Å²) in [6.07, 6.45) is 0. The van der Waals surface area contributed by atoms with Gasteiger partial charge in [-0.3, -0.25) is 20.3 Å². The number of hydrogen-bond acceptors (Lipinski definition) is 3. The van der Waals surface area contributed by atoms with Crippen molar-refractivity contribution in [2.75, 3.05) is 5.32 Å². The fourth-order valence-corrected chi connectivity index (χ4v) is 2.41. The number of hydrogen-bond donors (Lipinski definition) is 3. The van der Waals surface area contributed by atoms with E-state index in [2.05, 4.69) is 21.3 Å². The van der Waals surface area contributed by atoms with Gasteiger partial charge in [0.2, 0.25) is 0 Å². The number of anilines is 1. The van der Waals surface area contributed by atoms with Gasteiger partial charge in [-0.25, -0.2) is 0 Å². The molecule has 1 amide bonds. The fraction of sp³-hybridized carbons (Fsp3) is 0.0625. The second kappa shape index (κ2) is 6.45. The molecule has 7 heteroatoms. The van der Waals surface area contributed by atoms with Crippen LogP contribution in [0.2, 0.25) is 0 Å². The van der Waals surface area contributed by atoms with E-state index in [0.29, 0.717) is 10.8 Å². The molecule has 0 aliphatic rings. The molecule has 3 rings (SSSR count). The molecule has 23 heavy (non-hydrogen) atoms. The minimum atomic E-state index is -0.348. The first-order valence-corrected chi connectivity index (χ1v) is 7.40. The highest BCUT2D eigenvalue weighted by atomic mass is 32.1. The number of fused-ring (bicyclic) bond motifs is 1. The molecule has 1 heterocycles. The molecule has 0 fully saturated rings. The number of nitrogens with zero attached hydrogens (tertiary/aromatic N) is 2. The SMILES string of the molecule is Cn1nc(C(=O)NNC(=S)Nc2ccccc2)c2ccccc21. The van der Waals surface area contributed by atoms with Crippen molar-refractivity contribution in [1.29, 1.82) is 0 Å². The van der Waals surface area contributed by atoms with Gasteiger partial charge in [-0.1, -0.05) is 36.4 Å². The maximum Gasteiger partial charge on any atom is 0.290 e. The molecular weight excluding hydrogens is 310 g/mol. The highest BCUT2D eigenvalue weighted by Gasteiger charge is 2.15.